The highest BCUT2D eigenvalue weighted by Gasteiger charge is 2.22. The maximum Gasteiger partial charge on any atom is 0.407 e. The van der Waals surface area contributed by atoms with Crippen molar-refractivity contribution in [3.63, 3.8) is 0 Å². The number of carbonyl (C=O) groups excluding carboxylic acids is 2. The Bertz CT molecular complexity index is 1140. The number of hydrogen-bond donors (Lipinski definition) is 2. The van der Waals surface area contributed by atoms with E-state index >= 15 is 0 Å². The molecule has 0 fully saturated rings. The van der Waals surface area contributed by atoms with Crippen LogP contribution in [0.25, 0.3) is 0 Å². The van der Waals surface area contributed by atoms with Crippen LogP contribution in [0.5, 0.6) is 0 Å². The normalized spacial score (nSPS) is 13.7. The third-order valence-electron chi connectivity index (χ3n) is 5.33. The van der Waals surface area contributed by atoms with Gasteiger partial charge in [0.1, 0.15) is 5.60 Å². The highest BCUT2D eigenvalue weighted by Crippen LogP contribution is 2.29. The molecule has 2 N–H and O–H groups in total. The summed E-state index contributed by atoms with van der Waals surface area (Å²) < 4.78 is 5.24. The molecule has 2 aromatic carbocycles. The lowest BCUT2D eigenvalue weighted by atomic mass is 10.1. The maximum absolute atomic E-state index is 12.7. The summed E-state index contributed by atoms with van der Waals surface area (Å²) in [6, 6.07) is 17.6. The van der Waals surface area contributed by atoms with Crippen LogP contribution in [-0.4, -0.2) is 34.0 Å². The molecule has 178 valence electrons. The highest BCUT2D eigenvalue weighted by molar-refractivity contribution is 7.15. The molecular weight excluding hydrogens is 448 g/mol. The lowest BCUT2D eigenvalue weighted by Gasteiger charge is -2.25. The first-order chi connectivity index (χ1) is 16.2. The predicted octanol–water partition coefficient (Wildman–Crippen LogP) is 4.98. The van der Waals surface area contributed by atoms with Crippen LogP contribution in [0.1, 0.15) is 52.8 Å². The summed E-state index contributed by atoms with van der Waals surface area (Å²) in [5.74, 6) is -0.195. The van der Waals surface area contributed by atoms with Gasteiger partial charge in [-0.25, -0.2) is 9.78 Å². The molecule has 1 aliphatic heterocycles. The van der Waals surface area contributed by atoms with E-state index < -0.39 is 11.7 Å². The fourth-order valence-electron chi connectivity index (χ4n) is 3.71. The number of carbonyl (C=O) groups is 2. The summed E-state index contributed by atoms with van der Waals surface area (Å²) in [5.41, 5.74) is 3.26. The van der Waals surface area contributed by atoms with Crippen LogP contribution >= 0.6 is 11.3 Å². The Morgan fingerprint density at radius 3 is 2.50 bits per heavy atom. The largest absolute Gasteiger partial charge is 0.444 e. The van der Waals surface area contributed by atoms with E-state index in [0.29, 0.717) is 17.2 Å². The van der Waals surface area contributed by atoms with Gasteiger partial charge in [0, 0.05) is 43.0 Å². The van der Waals surface area contributed by atoms with E-state index in [0.717, 1.165) is 37.3 Å². The Morgan fingerprint density at radius 2 is 1.79 bits per heavy atom. The van der Waals surface area contributed by atoms with Crippen molar-refractivity contribution in [3.05, 3.63) is 81.9 Å². The van der Waals surface area contributed by atoms with Gasteiger partial charge in [-0.2, -0.15) is 0 Å². The number of amides is 2. The summed E-state index contributed by atoms with van der Waals surface area (Å²) >= 11 is 1.55. The molecule has 1 aliphatic rings. The van der Waals surface area contributed by atoms with Crippen LogP contribution < -0.4 is 10.6 Å². The van der Waals surface area contributed by atoms with Gasteiger partial charge in [-0.15, -0.1) is 11.3 Å². The van der Waals surface area contributed by atoms with Gasteiger partial charge >= 0.3 is 6.09 Å². The van der Waals surface area contributed by atoms with Gasteiger partial charge in [-0.3, -0.25) is 15.0 Å². The number of nitrogens with zero attached hydrogens (tertiary/aromatic N) is 2. The van der Waals surface area contributed by atoms with Crippen LogP contribution in [-0.2, 0) is 30.8 Å². The van der Waals surface area contributed by atoms with E-state index in [2.05, 4.69) is 44.8 Å². The Balaban J connectivity index is 1.30. The Morgan fingerprint density at radius 1 is 1.06 bits per heavy atom. The number of fused-ring (bicyclic) bond motifs is 1. The maximum atomic E-state index is 12.7. The van der Waals surface area contributed by atoms with E-state index in [1.54, 1.807) is 23.5 Å². The van der Waals surface area contributed by atoms with Gasteiger partial charge in [0.2, 0.25) is 0 Å². The quantitative estimate of drug-likeness (QED) is 0.522. The molecule has 0 saturated heterocycles. The zero-order valence-corrected chi connectivity index (χ0v) is 20.6. The molecular formula is C26H30N4O3S. The van der Waals surface area contributed by atoms with Crippen molar-refractivity contribution >= 4 is 28.5 Å². The van der Waals surface area contributed by atoms with Crippen LogP contribution in [0.2, 0.25) is 0 Å². The highest BCUT2D eigenvalue weighted by atomic mass is 32.1. The molecule has 4 rings (SSSR count). The third kappa shape index (κ3) is 6.65. The summed E-state index contributed by atoms with van der Waals surface area (Å²) in [6.45, 7) is 8.50. The van der Waals surface area contributed by atoms with Crippen molar-refractivity contribution in [2.24, 2.45) is 0 Å². The monoisotopic (exact) mass is 478 g/mol. The van der Waals surface area contributed by atoms with Crippen LogP contribution in [0, 0.1) is 0 Å². The van der Waals surface area contributed by atoms with Crippen LogP contribution in [0.15, 0.2) is 54.6 Å². The predicted molar refractivity (Wildman–Crippen MR) is 134 cm³/mol. The van der Waals surface area contributed by atoms with Gasteiger partial charge in [-0.1, -0.05) is 42.5 Å². The molecule has 2 heterocycles. The molecule has 2 amide bonds. The second-order valence-electron chi connectivity index (χ2n) is 9.34. The minimum atomic E-state index is -0.540. The first-order valence-electron chi connectivity index (χ1n) is 11.4. The van der Waals surface area contributed by atoms with Gasteiger partial charge in [-0.05, 0) is 44.0 Å². The number of benzene rings is 2. The summed E-state index contributed by atoms with van der Waals surface area (Å²) in [7, 11) is 0. The van der Waals surface area contributed by atoms with E-state index in [9.17, 15) is 9.59 Å². The van der Waals surface area contributed by atoms with E-state index in [-0.39, 0.29) is 5.91 Å². The Labute approximate surface area is 204 Å². The van der Waals surface area contributed by atoms with Gasteiger partial charge in [0.05, 0.1) is 5.69 Å². The summed E-state index contributed by atoms with van der Waals surface area (Å²) in [6.07, 6.45) is 0.415. The zero-order valence-electron chi connectivity index (χ0n) is 19.8. The molecule has 0 atom stereocenters. The summed E-state index contributed by atoms with van der Waals surface area (Å²) in [5, 5.41) is 6.28. The average molecular weight is 479 g/mol. The fourth-order valence-corrected chi connectivity index (χ4v) is 4.76. The molecule has 0 radical (unpaired) electrons. The number of hydrogen-bond acceptors (Lipinski definition) is 6. The van der Waals surface area contributed by atoms with Crippen LogP contribution in [0.4, 0.5) is 9.93 Å². The van der Waals surface area contributed by atoms with Gasteiger partial charge < -0.3 is 10.1 Å². The second-order valence-corrected chi connectivity index (χ2v) is 10.4. The number of ether oxygens (including phenoxy) is 1. The molecule has 1 aromatic heterocycles. The molecule has 3 aromatic rings. The molecule has 0 bridgehead atoms. The van der Waals surface area contributed by atoms with E-state index in [1.165, 1.54) is 10.4 Å². The minimum absolute atomic E-state index is 0.195. The zero-order chi connectivity index (χ0) is 24.1. The van der Waals surface area contributed by atoms with Crippen molar-refractivity contribution in [2.45, 2.75) is 52.4 Å². The topological polar surface area (TPSA) is 83.6 Å². The molecule has 0 unspecified atom stereocenters. The molecule has 7 nitrogen and oxygen atoms in total. The standard InChI is InChI=1S/C26H30N4O3S/c1-26(2,3)33-25(32)27-15-18-9-11-20(12-10-18)23(31)29-24-28-21-13-14-30(17-22(21)34-24)16-19-7-5-4-6-8-19/h4-12H,13-17H2,1-3H3,(H,27,32)(H,28,29,31). The average Bonchev–Trinajstić information content (AvgIpc) is 3.19. The van der Waals surface area contributed by atoms with Crippen molar-refractivity contribution in [1.29, 1.82) is 0 Å². The molecule has 8 heteroatoms. The number of alkyl carbamates (subject to hydrolysis) is 1. The number of anilines is 1. The van der Waals surface area contributed by atoms with Crippen molar-refractivity contribution in [2.75, 3.05) is 11.9 Å². The molecule has 0 spiro atoms. The molecule has 34 heavy (non-hydrogen) atoms. The van der Waals surface area contributed by atoms with E-state index in [4.69, 9.17) is 4.74 Å². The molecule has 0 aliphatic carbocycles. The fraction of sp³-hybridized carbons (Fsp3) is 0.346. The minimum Gasteiger partial charge on any atom is -0.444 e. The number of rotatable bonds is 6. The number of aromatic nitrogens is 1. The Kier molecular flexibility index (Phi) is 7.29. The smallest absolute Gasteiger partial charge is 0.407 e. The van der Waals surface area contributed by atoms with Crippen molar-refractivity contribution in [3.8, 4) is 0 Å². The second kappa shape index (κ2) is 10.4. The van der Waals surface area contributed by atoms with Gasteiger partial charge in [0.25, 0.3) is 5.91 Å². The lowest BCUT2D eigenvalue weighted by Crippen LogP contribution is -2.32. The number of nitrogens with one attached hydrogen (secondary N) is 2. The number of thiazole rings is 1. The molecule has 0 saturated carbocycles. The van der Waals surface area contributed by atoms with Gasteiger partial charge in [0.15, 0.2) is 5.13 Å². The lowest BCUT2D eigenvalue weighted by molar-refractivity contribution is 0.0523. The van der Waals surface area contributed by atoms with Crippen LogP contribution in [0.3, 0.4) is 0 Å². The van der Waals surface area contributed by atoms with E-state index in [1.807, 2.05) is 39.0 Å². The Hall–Kier alpha value is -3.23. The SMILES string of the molecule is CC(C)(C)OC(=O)NCc1ccc(C(=O)Nc2nc3c(s2)CN(Cc2ccccc2)CC3)cc1. The first-order valence-corrected chi connectivity index (χ1v) is 12.2. The first kappa shape index (κ1) is 23.9. The third-order valence-corrected chi connectivity index (χ3v) is 6.33. The summed E-state index contributed by atoms with van der Waals surface area (Å²) in [4.78, 5) is 32.8. The van der Waals surface area contributed by atoms with Crippen molar-refractivity contribution < 1.29 is 14.3 Å². The van der Waals surface area contributed by atoms with Crippen molar-refractivity contribution in [1.82, 2.24) is 15.2 Å².